The van der Waals surface area contributed by atoms with Crippen LogP contribution in [0.15, 0.2) is 54.9 Å². The van der Waals surface area contributed by atoms with Gasteiger partial charge in [0.15, 0.2) is 5.69 Å². The van der Waals surface area contributed by atoms with E-state index >= 15 is 0 Å². The van der Waals surface area contributed by atoms with Crippen LogP contribution in [0.1, 0.15) is 59.8 Å². The van der Waals surface area contributed by atoms with Crippen molar-refractivity contribution in [3.63, 3.8) is 0 Å². The Morgan fingerprint density at radius 2 is 2.02 bits per heavy atom. The number of rotatable bonds is 9. The van der Waals surface area contributed by atoms with Crippen molar-refractivity contribution in [2.24, 2.45) is 0 Å². The van der Waals surface area contributed by atoms with Gasteiger partial charge in [-0.2, -0.15) is 0 Å². The Labute approximate surface area is 237 Å². The Morgan fingerprint density at radius 3 is 2.83 bits per heavy atom. The summed E-state index contributed by atoms with van der Waals surface area (Å²) in [4.78, 5) is 21.0. The summed E-state index contributed by atoms with van der Waals surface area (Å²) in [6.45, 7) is 7.37. The third-order valence-electron chi connectivity index (χ3n) is 8.53. The summed E-state index contributed by atoms with van der Waals surface area (Å²) in [5.74, 6) is -0.0538. The molecular weight excluding hydrogens is 502 g/mol. The molecule has 5 rings (SSSR count). The fraction of sp³-hybridized carbons (Fsp3) is 0.500. The van der Waals surface area contributed by atoms with Gasteiger partial charge in [0, 0.05) is 50.6 Å². The molecule has 2 fully saturated rings. The van der Waals surface area contributed by atoms with Crippen molar-refractivity contribution in [2.75, 3.05) is 45.2 Å². The van der Waals surface area contributed by atoms with Crippen molar-refractivity contribution in [3.8, 4) is 11.3 Å². The van der Waals surface area contributed by atoms with E-state index in [0.29, 0.717) is 18.7 Å². The van der Waals surface area contributed by atoms with Crippen molar-refractivity contribution in [2.45, 2.75) is 63.6 Å². The Hall–Kier alpha value is -3.20. The normalized spacial score (nSPS) is 23.2. The molecule has 3 aromatic rings. The summed E-state index contributed by atoms with van der Waals surface area (Å²) in [6, 6.07) is 16.2. The minimum Gasteiger partial charge on any atom is -0.385 e. The largest absolute Gasteiger partial charge is 0.385 e. The molecular formula is C32H43N5O3. The number of benzene rings is 2. The number of hydrogen-bond donors (Lipinski definition) is 3. The van der Waals surface area contributed by atoms with E-state index in [1.54, 1.807) is 13.4 Å². The second-order valence-corrected chi connectivity index (χ2v) is 11.4. The third kappa shape index (κ3) is 5.94. The second kappa shape index (κ2) is 12.5. The molecule has 1 saturated carbocycles. The molecule has 2 aliphatic rings. The van der Waals surface area contributed by atoms with E-state index in [2.05, 4.69) is 42.7 Å². The molecule has 2 heterocycles. The molecule has 8 heteroatoms. The van der Waals surface area contributed by atoms with Crippen LogP contribution in [0.4, 0.5) is 5.69 Å². The van der Waals surface area contributed by atoms with Gasteiger partial charge < -0.3 is 29.9 Å². The lowest BCUT2D eigenvalue weighted by molar-refractivity contribution is -0.0893. The lowest BCUT2D eigenvalue weighted by Gasteiger charge is -2.41. The quantitative estimate of drug-likeness (QED) is 0.365. The van der Waals surface area contributed by atoms with Crippen LogP contribution in [0.5, 0.6) is 0 Å². The molecule has 8 nitrogen and oxygen atoms in total. The fourth-order valence-electron chi connectivity index (χ4n) is 6.38. The zero-order valence-electron chi connectivity index (χ0n) is 24.0. The van der Waals surface area contributed by atoms with E-state index in [0.717, 1.165) is 62.3 Å². The number of aliphatic hydroxyl groups is 1. The predicted molar refractivity (Wildman–Crippen MR) is 159 cm³/mol. The third-order valence-corrected chi connectivity index (χ3v) is 8.53. The van der Waals surface area contributed by atoms with Crippen LogP contribution in [0.2, 0.25) is 0 Å². The van der Waals surface area contributed by atoms with Gasteiger partial charge in [0.2, 0.25) is 0 Å². The number of anilines is 1. The zero-order valence-corrected chi connectivity index (χ0v) is 24.0. The highest BCUT2D eigenvalue weighted by Crippen LogP contribution is 2.41. The first-order valence-electron chi connectivity index (χ1n) is 14.6. The van der Waals surface area contributed by atoms with Gasteiger partial charge in [0.1, 0.15) is 5.60 Å². The molecule has 0 spiro atoms. The van der Waals surface area contributed by atoms with Crippen molar-refractivity contribution in [3.05, 3.63) is 71.7 Å². The highest BCUT2D eigenvalue weighted by molar-refractivity contribution is 5.98. The fourth-order valence-corrected chi connectivity index (χ4v) is 6.38. The Balaban J connectivity index is 1.42. The Bertz CT molecular complexity index is 1290. The van der Waals surface area contributed by atoms with Crippen LogP contribution < -0.4 is 10.6 Å². The topological polar surface area (TPSA) is 91.6 Å². The maximum atomic E-state index is 14.2. The molecule has 0 radical (unpaired) electrons. The van der Waals surface area contributed by atoms with Gasteiger partial charge in [-0.05, 0) is 50.3 Å². The first kappa shape index (κ1) is 28.3. The van der Waals surface area contributed by atoms with Crippen molar-refractivity contribution in [1.29, 1.82) is 0 Å². The summed E-state index contributed by atoms with van der Waals surface area (Å²) in [5.41, 5.74) is 4.73. The standard InChI is InChI=1S/C32H43N5O3/c1-23-12-13-24(2)27(19-23)34-16-14-26-20-33-17-18-36(26)31(38)29-30(25-9-5-4-6-10-25)37(22-35-29)28-11-7-8-15-32(28,39)21-40-3/h4-6,9-10,12-13,19,22,26,28,33-34,39H,7-8,11,14-18,20-21H2,1-3H3/t26-,28-,32-/m1/s1. The van der Waals surface area contributed by atoms with E-state index < -0.39 is 5.60 Å². The first-order chi connectivity index (χ1) is 19.4. The summed E-state index contributed by atoms with van der Waals surface area (Å²) in [5, 5.41) is 18.7. The highest BCUT2D eigenvalue weighted by Gasteiger charge is 2.42. The molecule has 0 bridgehead atoms. The number of piperazine rings is 1. The summed E-state index contributed by atoms with van der Waals surface area (Å²) in [7, 11) is 1.63. The number of aryl methyl sites for hydroxylation is 2. The number of amides is 1. The van der Waals surface area contributed by atoms with E-state index in [1.165, 1.54) is 11.1 Å². The number of hydrogen-bond acceptors (Lipinski definition) is 6. The van der Waals surface area contributed by atoms with Gasteiger partial charge in [0.25, 0.3) is 5.91 Å². The van der Waals surface area contributed by atoms with Gasteiger partial charge in [0.05, 0.1) is 24.7 Å². The predicted octanol–water partition coefficient (Wildman–Crippen LogP) is 4.58. The molecule has 1 amide bonds. The molecule has 1 saturated heterocycles. The van der Waals surface area contributed by atoms with Crippen LogP contribution in [-0.2, 0) is 4.74 Å². The number of nitrogens with zero attached hydrogens (tertiary/aromatic N) is 3. The Kier molecular flexibility index (Phi) is 8.88. The van der Waals surface area contributed by atoms with Gasteiger partial charge >= 0.3 is 0 Å². The number of imidazole rings is 1. The highest BCUT2D eigenvalue weighted by atomic mass is 16.5. The number of aromatic nitrogens is 2. The number of carbonyl (C=O) groups is 1. The lowest BCUT2D eigenvalue weighted by Crippen LogP contribution is -2.54. The molecule has 3 atom stereocenters. The number of methoxy groups -OCH3 is 1. The van der Waals surface area contributed by atoms with Gasteiger partial charge in [-0.3, -0.25) is 4.79 Å². The SMILES string of the molecule is COC[C@]1(O)CCCC[C@H]1n1cnc(C(=O)N2CCNC[C@H]2CCNc2cc(C)ccc2C)c1-c1ccccc1. The molecule has 40 heavy (non-hydrogen) atoms. The van der Waals surface area contributed by atoms with Crippen molar-refractivity contribution in [1.82, 2.24) is 19.8 Å². The molecule has 1 aliphatic heterocycles. The number of nitrogens with one attached hydrogen (secondary N) is 2. The average Bonchev–Trinajstić information content (AvgIpc) is 3.40. The maximum absolute atomic E-state index is 14.2. The van der Waals surface area contributed by atoms with Crippen molar-refractivity contribution < 1.29 is 14.6 Å². The minimum absolute atomic E-state index is 0.0488. The lowest BCUT2D eigenvalue weighted by atomic mass is 9.80. The molecule has 214 valence electrons. The number of carbonyl (C=O) groups excluding carboxylic acids is 1. The molecule has 0 unspecified atom stereocenters. The molecule has 1 aromatic heterocycles. The second-order valence-electron chi connectivity index (χ2n) is 11.4. The monoisotopic (exact) mass is 545 g/mol. The number of ether oxygens (including phenoxy) is 1. The Morgan fingerprint density at radius 1 is 1.20 bits per heavy atom. The maximum Gasteiger partial charge on any atom is 0.275 e. The van der Waals surface area contributed by atoms with E-state index in [1.807, 2.05) is 39.8 Å². The summed E-state index contributed by atoms with van der Waals surface area (Å²) < 4.78 is 7.50. The van der Waals surface area contributed by atoms with Crippen LogP contribution in [0, 0.1) is 13.8 Å². The van der Waals surface area contributed by atoms with Crippen molar-refractivity contribution >= 4 is 11.6 Å². The molecule has 1 aliphatic carbocycles. The van der Waals surface area contributed by atoms with Gasteiger partial charge in [-0.15, -0.1) is 0 Å². The van der Waals surface area contributed by atoms with E-state index in [9.17, 15) is 9.90 Å². The zero-order chi connectivity index (χ0) is 28.1. The summed E-state index contributed by atoms with van der Waals surface area (Å²) in [6.07, 6.45) is 6.02. The average molecular weight is 546 g/mol. The van der Waals surface area contributed by atoms with Gasteiger partial charge in [-0.1, -0.05) is 55.3 Å². The molecule has 3 N–H and O–H groups in total. The van der Waals surface area contributed by atoms with E-state index in [-0.39, 0.29) is 24.6 Å². The van der Waals surface area contributed by atoms with Crippen LogP contribution in [0.3, 0.4) is 0 Å². The minimum atomic E-state index is -1.01. The van der Waals surface area contributed by atoms with E-state index in [4.69, 9.17) is 9.72 Å². The smallest absolute Gasteiger partial charge is 0.275 e. The van der Waals surface area contributed by atoms with Gasteiger partial charge in [-0.25, -0.2) is 4.98 Å². The van der Waals surface area contributed by atoms with Crippen LogP contribution in [-0.4, -0.2) is 77.0 Å². The van der Waals surface area contributed by atoms with Crippen LogP contribution >= 0.6 is 0 Å². The summed E-state index contributed by atoms with van der Waals surface area (Å²) >= 11 is 0. The first-order valence-corrected chi connectivity index (χ1v) is 14.6. The molecule has 2 aromatic carbocycles. The van der Waals surface area contributed by atoms with Crippen LogP contribution in [0.25, 0.3) is 11.3 Å².